The zero-order chi connectivity index (χ0) is 14.1. The van der Waals surface area contributed by atoms with Crippen molar-refractivity contribution < 1.29 is 9.84 Å². The first kappa shape index (κ1) is 12.8. The van der Waals surface area contributed by atoms with Crippen LogP contribution >= 0.6 is 0 Å². The van der Waals surface area contributed by atoms with Gasteiger partial charge in [0.1, 0.15) is 5.75 Å². The van der Waals surface area contributed by atoms with Gasteiger partial charge in [-0.3, -0.25) is 0 Å². The predicted octanol–water partition coefficient (Wildman–Crippen LogP) is 3.79. The van der Waals surface area contributed by atoms with Gasteiger partial charge in [0, 0.05) is 23.9 Å². The summed E-state index contributed by atoms with van der Waals surface area (Å²) in [5.74, 6) is 0.273. The lowest BCUT2D eigenvalue weighted by Gasteiger charge is -2.10. The Balaban J connectivity index is 2.25. The molecule has 3 aromatic rings. The summed E-state index contributed by atoms with van der Waals surface area (Å²) in [6.07, 6.45) is 0. The smallest absolute Gasteiger partial charge is 0.115 e. The number of fused-ring (bicyclic) bond motifs is 1. The molecular weight excluding hydrogens is 250 g/mol. The molecule has 3 rings (SSSR count). The maximum Gasteiger partial charge on any atom is 0.115 e. The standard InChI is InChI=1S/C17H17NO2/c1-12-3-8-17-13(9-12)10-15(11-20-2)18(17)14-4-6-16(19)7-5-14/h3-10,19H,11H2,1-2H3. The Morgan fingerprint density at radius 2 is 1.80 bits per heavy atom. The van der Waals surface area contributed by atoms with Crippen molar-refractivity contribution in [2.45, 2.75) is 13.5 Å². The van der Waals surface area contributed by atoms with E-state index in [1.165, 1.54) is 10.9 Å². The number of ether oxygens (including phenoxy) is 1. The number of hydrogen-bond acceptors (Lipinski definition) is 2. The molecule has 2 aromatic carbocycles. The molecule has 0 radical (unpaired) electrons. The summed E-state index contributed by atoms with van der Waals surface area (Å²) in [6, 6.07) is 15.8. The molecule has 0 saturated heterocycles. The fourth-order valence-corrected chi connectivity index (χ4v) is 2.55. The van der Waals surface area contributed by atoms with E-state index in [1.807, 2.05) is 12.1 Å². The molecular formula is C17H17NO2. The molecule has 102 valence electrons. The topological polar surface area (TPSA) is 34.4 Å². The van der Waals surface area contributed by atoms with E-state index in [4.69, 9.17) is 4.74 Å². The quantitative estimate of drug-likeness (QED) is 0.783. The number of methoxy groups -OCH3 is 1. The number of aryl methyl sites for hydroxylation is 1. The van der Waals surface area contributed by atoms with E-state index in [1.54, 1.807) is 19.2 Å². The minimum absolute atomic E-state index is 0.273. The summed E-state index contributed by atoms with van der Waals surface area (Å²) in [4.78, 5) is 0. The lowest BCUT2D eigenvalue weighted by Crippen LogP contribution is -2.00. The van der Waals surface area contributed by atoms with Crippen LogP contribution in [-0.2, 0) is 11.3 Å². The third-order valence-electron chi connectivity index (χ3n) is 3.43. The highest BCUT2D eigenvalue weighted by molar-refractivity contribution is 5.84. The van der Waals surface area contributed by atoms with Crippen LogP contribution in [0, 0.1) is 6.92 Å². The van der Waals surface area contributed by atoms with Gasteiger partial charge in [-0.05, 0) is 49.4 Å². The maximum atomic E-state index is 9.44. The zero-order valence-electron chi connectivity index (χ0n) is 11.6. The summed E-state index contributed by atoms with van der Waals surface area (Å²) < 4.78 is 7.47. The van der Waals surface area contributed by atoms with E-state index in [-0.39, 0.29) is 5.75 Å². The molecule has 0 aliphatic rings. The molecule has 0 bridgehead atoms. The van der Waals surface area contributed by atoms with Crippen molar-refractivity contribution in [2.24, 2.45) is 0 Å². The Labute approximate surface area is 118 Å². The van der Waals surface area contributed by atoms with Crippen LogP contribution < -0.4 is 0 Å². The molecule has 0 atom stereocenters. The lowest BCUT2D eigenvalue weighted by atomic mass is 10.2. The molecule has 0 spiro atoms. The molecule has 0 fully saturated rings. The van der Waals surface area contributed by atoms with Crippen LogP contribution in [0.15, 0.2) is 48.5 Å². The van der Waals surface area contributed by atoms with E-state index >= 15 is 0 Å². The molecule has 0 saturated carbocycles. The van der Waals surface area contributed by atoms with E-state index in [2.05, 4.69) is 35.8 Å². The van der Waals surface area contributed by atoms with Gasteiger partial charge >= 0.3 is 0 Å². The monoisotopic (exact) mass is 267 g/mol. The van der Waals surface area contributed by atoms with E-state index < -0.39 is 0 Å². The maximum absolute atomic E-state index is 9.44. The van der Waals surface area contributed by atoms with Gasteiger partial charge in [0.25, 0.3) is 0 Å². The number of nitrogens with zero attached hydrogens (tertiary/aromatic N) is 1. The molecule has 0 aliphatic carbocycles. The summed E-state index contributed by atoms with van der Waals surface area (Å²) in [5.41, 5.74) is 4.50. The second kappa shape index (κ2) is 5.02. The Morgan fingerprint density at radius 3 is 2.50 bits per heavy atom. The minimum Gasteiger partial charge on any atom is -0.508 e. The molecule has 0 unspecified atom stereocenters. The fraction of sp³-hybridized carbons (Fsp3) is 0.176. The first-order valence-corrected chi connectivity index (χ1v) is 6.58. The second-order valence-corrected chi connectivity index (χ2v) is 4.98. The van der Waals surface area contributed by atoms with E-state index in [0.717, 1.165) is 16.9 Å². The third kappa shape index (κ3) is 2.17. The molecule has 3 nitrogen and oxygen atoms in total. The van der Waals surface area contributed by atoms with Crippen LogP contribution in [0.3, 0.4) is 0 Å². The Morgan fingerprint density at radius 1 is 1.05 bits per heavy atom. The summed E-state index contributed by atoms with van der Waals surface area (Å²) in [7, 11) is 1.70. The van der Waals surface area contributed by atoms with Gasteiger partial charge in [-0.1, -0.05) is 11.6 Å². The van der Waals surface area contributed by atoms with E-state index in [0.29, 0.717) is 6.61 Å². The minimum atomic E-state index is 0.273. The second-order valence-electron chi connectivity index (χ2n) is 4.98. The van der Waals surface area contributed by atoms with Crippen molar-refractivity contribution in [2.75, 3.05) is 7.11 Å². The number of benzene rings is 2. The lowest BCUT2D eigenvalue weighted by molar-refractivity contribution is 0.180. The number of aromatic hydroxyl groups is 1. The number of phenolic OH excluding ortho intramolecular Hbond substituents is 1. The largest absolute Gasteiger partial charge is 0.508 e. The van der Waals surface area contributed by atoms with Crippen LogP contribution in [0.25, 0.3) is 16.6 Å². The Hall–Kier alpha value is -2.26. The fourth-order valence-electron chi connectivity index (χ4n) is 2.55. The van der Waals surface area contributed by atoms with Crippen molar-refractivity contribution >= 4 is 10.9 Å². The first-order chi connectivity index (χ1) is 9.69. The van der Waals surface area contributed by atoms with Gasteiger partial charge in [-0.25, -0.2) is 0 Å². The molecule has 1 heterocycles. The van der Waals surface area contributed by atoms with Gasteiger partial charge < -0.3 is 14.4 Å². The number of hydrogen-bond donors (Lipinski definition) is 1. The number of aromatic nitrogens is 1. The van der Waals surface area contributed by atoms with Crippen LogP contribution in [-0.4, -0.2) is 16.8 Å². The number of rotatable bonds is 3. The van der Waals surface area contributed by atoms with Gasteiger partial charge in [0.15, 0.2) is 0 Å². The summed E-state index contributed by atoms with van der Waals surface area (Å²) in [6.45, 7) is 2.64. The normalized spacial score (nSPS) is 11.1. The molecule has 0 aliphatic heterocycles. The van der Waals surface area contributed by atoms with Crippen molar-refractivity contribution in [3.63, 3.8) is 0 Å². The molecule has 1 aromatic heterocycles. The average Bonchev–Trinajstić information content (AvgIpc) is 2.77. The van der Waals surface area contributed by atoms with Gasteiger partial charge in [0.05, 0.1) is 12.1 Å². The predicted molar refractivity (Wildman–Crippen MR) is 80.4 cm³/mol. The van der Waals surface area contributed by atoms with Gasteiger partial charge in [-0.15, -0.1) is 0 Å². The Bertz CT molecular complexity index is 742. The average molecular weight is 267 g/mol. The van der Waals surface area contributed by atoms with Crippen molar-refractivity contribution in [3.8, 4) is 11.4 Å². The van der Waals surface area contributed by atoms with Gasteiger partial charge in [-0.2, -0.15) is 0 Å². The van der Waals surface area contributed by atoms with Crippen LogP contribution in [0.1, 0.15) is 11.3 Å². The zero-order valence-corrected chi connectivity index (χ0v) is 11.6. The molecule has 3 heteroatoms. The van der Waals surface area contributed by atoms with E-state index in [9.17, 15) is 5.11 Å². The molecule has 20 heavy (non-hydrogen) atoms. The van der Waals surface area contributed by atoms with Crippen molar-refractivity contribution in [1.29, 1.82) is 0 Å². The number of phenols is 1. The highest BCUT2D eigenvalue weighted by Gasteiger charge is 2.10. The van der Waals surface area contributed by atoms with Crippen LogP contribution in [0.2, 0.25) is 0 Å². The highest BCUT2D eigenvalue weighted by atomic mass is 16.5. The van der Waals surface area contributed by atoms with Crippen molar-refractivity contribution in [1.82, 2.24) is 4.57 Å². The summed E-state index contributed by atoms with van der Waals surface area (Å²) in [5, 5.41) is 10.6. The highest BCUT2D eigenvalue weighted by Crippen LogP contribution is 2.26. The van der Waals surface area contributed by atoms with Crippen LogP contribution in [0.4, 0.5) is 0 Å². The first-order valence-electron chi connectivity index (χ1n) is 6.58. The Kier molecular flexibility index (Phi) is 3.20. The molecule has 1 N–H and O–H groups in total. The van der Waals surface area contributed by atoms with Gasteiger partial charge in [0.2, 0.25) is 0 Å². The van der Waals surface area contributed by atoms with Crippen LogP contribution in [0.5, 0.6) is 5.75 Å². The molecule has 0 amide bonds. The third-order valence-corrected chi connectivity index (χ3v) is 3.43. The van der Waals surface area contributed by atoms with Crippen molar-refractivity contribution in [3.05, 3.63) is 59.8 Å². The SMILES string of the molecule is COCc1cc2cc(C)ccc2n1-c1ccc(O)cc1. The summed E-state index contributed by atoms with van der Waals surface area (Å²) >= 11 is 0.